The van der Waals surface area contributed by atoms with Gasteiger partial charge in [-0.25, -0.2) is 0 Å². The zero-order valence-electron chi connectivity index (χ0n) is 8.55. The van der Waals surface area contributed by atoms with E-state index in [2.05, 4.69) is 38.9 Å². The lowest BCUT2D eigenvalue weighted by molar-refractivity contribution is 0.114. The summed E-state index contributed by atoms with van der Waals surface area (Å²) in [7, 11) is 1.96. The van der Waals surface area contributed by atoms with Crippen LogP contribution in [0.3, 0.4) is 0 Å². The van der Waals surface area contributed by atoms with Crippen LogP contribution in [0.2, 0.25) is 0 Å². The van der Waals surface area contributed by atoms with E-state index in [1.54, 1.807) is 11.3 Å². The van der Waals surface area contributed by atoms with E-state index < -0.39 is 0 Å². The van der Waals surface area contributed by atoms with Gasteiger partial charge in [-0.15, -0.1) is 0 Å². The molecule has 0 saturated heterocycles. The van der Waals surface area contributed by atoms with Crippen molar-refractivity contribution in [2.45, 2.75) is 19.4 Å². The van der Waals surface area contributed by atoms with Crippen LogP contribution in [0.1, 0.15) is 24.9 Å². The number of ether oxygens (including phenoxy) is 1. The molecule has 0 bridgehead atoms. The molecule has 4 heteroatoms. The summed E-state index contributed by atoms with van der Waals surface area (Å²) in [5.74, 6) is 0. The average Bonchev–Trinajstić information content (AvgIpc) is 2.60. The molecule has 14 heavy (non-hydrogen) atoms. The van der Waals surface area contributed by atoms with Crippen LogP contribution < -0.4 is 5.32 Å². The van der Waals surface area contributed by atoms with Crippen LogP contribution in [0, 0.1) is 0 Å². The predicted octanol–water partition coefficient (Wildman–Crippen LogP) is 3.20. The van der Waals surface area contributed by atoms with Gasteiger partial charge >= 0.3 is 0 Å². The molecule has 2 nitrogen and oxygen atoms in total. The van der Waals surface area contributed by atoms with Gasteiger partial charge in [0.05, 0.1) is 12.6 Å². The number of halogens is 1. The van der Waals surface area contributed by atoms with E-state index in [-0.39, 0.29) is 0 Å². The Morgan fingerprint density at radius 3 is 2.86 bits per heavy atom. The van der Waals surface area contributed by atoms with Gasteiger partial charge in [0.1, 0.15) is 0 Å². The molecule has 1 aromatic rings. The largest absolute Gasteiger partial charge is 0.379 e. The molecule has 1 atom stereocenters. The molecular formula is C10H16BrNOS. The number of nitrogens with one attached hydrogen (secondary N) is 1. The Morgan fingerprint density at radius 1 is 1.57 bits per heavy atom. The minimum absolute atomic E-state index is 0.294. The van der Waals surface area contributed by atoms with Gasteiger partial charge in [-0.1, -0.05) is 6.92 Å². The summed E-state index contributed by atoms with van der Waals surface area (Å²) in [6, 6.07) is 0.294. The van der Waals surface area contributed by atoms with E-state index in [4.69, 9.17) is 4.74 Å². The van der Waals surface area contributed by atoms with Crippen molar-refractivity contribution in [3.63, 3.8) is 0 Å². The minimum atomic E-state index is 0.294. The lowest BCUT2D eigenvalue weighted by Crippen LogP contribution is -2.21. The summed E-state index contributed by atoms with van der Waals surface area (Å²) in [4.78, 5) is 0. The third-order valence-electron chi connectivity index (χ3n) is 2.00. The van der Waals surface area contributed by atoms with Crippen molar-refractivity contribution >= 4 is 27.3 Å². The number of thiophene rings is 1. The highest BCUT2D eigenvalue weighted by atomic mass is 79.9. The summed E-state index contributed by atoms with van der Waals surface area (Å²) < 4.78 is 6.70. The number of hydrogen-bond acceptors (Lipinski definition) is 3. The molecule has 0 aliphatic heterocycles. The Morgan fingerprint density at radius 2 is 2.36 bits per heavy atom. The average molecular weight is 278 g/mol. The summed E-state index contributed by atoms with van der Waals surface area (Å²) in [6.45, 7) is 3.69. The SMILES string of the molecule is CCCOCC(NC)c1cscc1Br. The number of likely N-dealkylation sites (N-methyl/N-ethyl adjacent to an activating group) is 1. The van der Waals surface area contributed by atoms with Crippen molar-refractivity contribution in [1.82, 2.24) is 5.32 Å². The van der Waals surface area contributed by atoms with Crippen LogP contribution in [-0.2, 0) is 4.74 Å². The molecule has 1 unspecified atom stereocenters. The first kappa shape index (κ1) is 12.2. The first-order valence-electron chi connectivity index (χ1n) is 4.76. The molecule has 0 amide bonds. The predicted molar refractivity (Wildman–Crippen MR) is 64.9 cm³/mol. The number of rotatable bonds is 6. The van der Waals surface area contributed by atoms with Crippen LogP contribution in [0.15, 0.2) is 15.2 Å². The summed E-state index contributed by atoms with van der Waals surface area (Å²) >= 11 is 5.24. The molecule has 0 aliphatic rings. The zero-order valence-corrected chi connectivity index (χ0v) is 11.0. The zero-order chi connectivity index (χ0) is 10.4. The topological polar surface area (TPSA) is 21.3 Å². The van der Waals surface area contributed by atoms with Crippen molar-refractivity contribution in [3.8, 4) is 0 Å². The van der Waals surface area contributed by atoms with Gasteiger partial charge in [0.15, 0.2) is 0 Å². The van der Waals surface area contributed by atoms with Crippen molar-refractivity contribution in [3.05, 3.63) is 20.8 Å². The van der Waals surface area contributed by atoms with E-state index in [1.165, 1.54) is 10.0 Å². The van der Waals surface area contributed by atoms with E-state index >= 15 is 0 Å². The maximum atomic E-state index is 5.54. The van der Waals surface area contributed by atoms with E-state index in [9.17, 15) is 0 Å². The fourth-order valence-corrected chi connectivity index (χ4v) is 2.84. The fourth-order valence-electron chi connectivity index (χ4n) is 1.21. The third kappa shape index (κ3) is 3.35. The maximum absolute atomic E-state index is 5.54. The normalized spacial score (nSPS) is 13.1. The highest BCUT2D eigenvalue weighted by Crippen LogP contribution is 2.27. The Bertz CT molecular complexity index is 264. The molecule has 0 radical (unpaired) electrons. The summed E-state index contributed by atoms with van der Waals surface area (Å²) in [6.07, 6.45) is 1.07. The second kappa shape index (κ2) is 6.56. The first-order valence-corrected chi connectivity index (χ1v) is 6.49. The summed E-state index contributed by atoms with van der Waals surface area (Å²) in [5, 5.41) is 7.51. The molecule has 0 saturated carbocycles. The maximum Gasteiger partial charge on any atom is 0.0662 e. The minimum Gasteiger partial charge on any atom is -0.379 e. The molecule has 1 rings (SSSR count). The highest BCUT2D eigenvalue weighted by molar-refractivity contribution is 9.10. The van der Waals surface area contributed by atoms with Crippen LogP contribution in [0.5, 0.6) is 0 Å². The van der Waals surface area contributed by atoms with E-state index in [0.717, 1.165) is 19.6 Å². The molecule has 0 aromatic carbocycles. The smallest absolute Gasteiger partial charge is 0.0662 e. The van der Waals surface area contributed by atoms with Crippen molar-refractivity contribution < 1.29 is 4.74 Å². The standard InChI is InChI=1S/C10H16BrNOS/c1-3-4-13-5-10(12-2)8-6-14-7-9(8)11/h6-7,10,12H,3-5H2,1-2H3. The molecule has 0 fully saturated rings. The Labute approximate surface area is 97.8 Å². The van der Waals surface area contributed by atoms with Gasteiger partial charge in [-0.05, 0) is 40.3 Å². The van der Waals surface area contributed by atoms with Gasteiger partial charge in [0.2, 0.25) is 0 Å². The van der Waals surface area contributed by atoms with Crippen LogP contribution in [0.4, 0.5) is 0 Å². The lowest BCUT2D eigenvalue weighted by Gasteiger charge is -2.15. The highest BCUT2D eigenvalue weighted by Gasteiger charge is 2.12. The van der Waals surface area contributed by atoms with Gasteiger partial charge in [-0.2, -0.15) is 11.3 Å². The molecule has 80 valence electrons. The monoisotopic (exact) mass is 277 g/mol. The lowest BCUT2D eigenvalue weighted by atomic mass is 10.2. The molecule has 1 N–H and O–H groups in total. The van der Waals surface area contributed by atoms with Crippen LogP contribution >= 0.6 is 27.3 Å². The Kier molecular flexibility index (Phi) is 5.70. The first-order chi connectivity index (χ1) is 6.79. The second-order valence-electron chi connectivity index (χ2n) is 3.09. The molecular weight excluding hydrogens is 262 g/mol. The fraction of sp³-hybridized carbons (Fsp3) is 0.600. The molecule has 1 aromatic heterocycles. The van der Waals surface area contributed by atoms with Crippen LogP contribution in [0.25, 0.3) is 0 Å². The van der Waals surface area contributed by atoms with Gasteiger partial charge in [0, 0.05) is 16.5 Å². The van der Waals surface area contributed by atoms with Gasteiger partial charge < -0.3 is 10.1 Å². The second-order valence-corrected chi connectivity index (χ2v) is 4.69. The van der Waals surface area contributed by atoms with E-state index in [0.29, 0.717) is 6.04 Å². The Hall–Kier alpha value is 0.100. The molecule has 0 spiro atoms. The van der Waals surface area contributed by atoms with Crippen molar-refractivity contribution in [2.75, 3.05) is 20.3 Å². The third-order valence-corrected chi connectivity index (χ3v) is 3.75. The Balaban J connectivity index is 2.50. The van der Waals surface area contributed by atoms with Crippen molar-refractivity contribution in [1.29, 1.82) is 0 Å². The molecule has 0 aliphatic carbocycles. The number of hydrogen-bond donors (Lipinski definition) is 1. The quantitative estimate of drug-likeness (QED) is 0.807. The van der Waals surface area contributed by atoms with E-state index in [1.807, 2.05) is 7.05 Å². The van der Waals surface area contributed by atoms with Crippen LogP contribution in [-0.4, -0.2) is 20.3 Å². The van der Waals surface area contributed by atoms with Crippen molar-refractivity contribution in [2.24, 2.45) is 0 Å². The molecule has 1 heterocycles. The summed E-state index contributed by atoms with van der Waals surface area (Å²) in [5.41, 5.74) is 1.29. The van der Waals surface area contributed by atoms with Gasteiger partial charge in [-0.3, -0.25) is 0 Å². The van der Waals surface area contributed by atoms with Gasteiger partial charge in [0.25, 0.3) is 0 Å².